The van der Waals surface area contributed by atoms with Crippen molar-refractivity contribution in [1.82, 2.24) is 0 Å². The van der Waals surface area contributed by atoms with Crippen LogP contribution < -0.4 is 10.1 Å². The van der Waals surface area contributed by atoms with Crippen LogP contribution in [0.3, 0.4) is 0 Å². The number of anilines is 1. The second-order valence-corrected chi connectivity index (χ2v) is 4.71. The maximum absolute atomic E-state index is 12.0. The summed E-state index contributed by atoms with van der Waals surface area (Å²) in [5.41, 5.74) is 1.01. The Kier molecular flexibility index (Phi) is 4.06. The average molecular weight is 322 g/mol. The lowest BCUT2D eigenvalue weighted by molar-refractivity contribution is 0.102. The van der Waals surface area contributed by atoms with Crippen LogP contribution in [0.25, 0.3) is 0 Å². The molecule has 0 fully saturated rings. The number of halogens is 1. The Hall–Kier alpha value is -2.01. The van der Waals surface area contributed by atoms with Gasteiger partial charge in [-0.1, -0.05) is 6.07 Å². The van der Waals surface area contributed by atoms with Crippen molar-refractivity contribution in [3.05, 3.63) is 52.5 Å². The van der Waals surface area contributed by atoms with Crippen LogP contribution in [-0.2, 0) is 0 Å². The van der Waals surface area contributed by atoms with Crippen molar-refractivity contribution < 1.29 is 14.6 Å². The third-order valence-corrected chi connectivity index (χ3v) is 3.21. The van der Waals surface area contributed by atoms with E-state index in [0.717, 1.165) is 0 Å². The molecule has 2 aromatic carbocycles. The molecule has 1 amide bonds. The number of phenolic OH excluding ortho intramolecular Hbond substituents is 1. The van der Waals surface area contributed by atoms with Crippen LogP contribution in [0.5, 0.6) is 11.5 Å². The van der Waals surface area contributed by atoms with E-state index in [1.54, 1.807) is 43.5 Å². The molecule has 0 aliphatic carbocycles. The third kappa shape index (κ3) is 3.26. The van der Waals surface area contributed by atoms with Gasteiger partial charge in [-0.05, 0) is 46.3 Å². The van der Waals surface area contributed by atoms with Crippen molar-refractivity contribution >= 4 is 27.5 Å². The first kappa shape index (κ1) is 13.4. The van der Waals surface area contributed by atoms with Crippen LogP contribution in [0.15, 0.2) is 46.9 Å². The highest BCUT2D eigenvalue weighted by Crippen LogP contribution is 2.25. The highest BCUT2D eigenvalue weighted by Gasteiger charge is 2.09. The van der Waals surface area contributed by atoms with Gasteiger partial charge in [0.25, 0.3) is 5.91 Å². The second-order valence-electron chi connectivity index (χ2n) is 3.85. The zero-order chi connectivity index (χ0) is 13.8. The molecule has 0 radical (unpaired) electrons. The van der Waals surface area contributed by atoms with Crippen LogP contribution in [0.4, 0.5) is 5.69 Å². The second kappa shape index (κ2) is 5.75. The molecule has 5 heteroatoms. The van der Waals surface area contributed by atoms with Gasteiger partial charge in [-0.15, -0.1) is 0 Å². The Balaban J connectivity index is 2.18. The molecule has 0 bridgehead atoms. The first-order valence-electron chi connectivity index (χ1n) is 5.54. The summed E-state index contributed by atoms with van der Waals surface area (Å²) in [7, 11) is 1.56. The minimum Gasteiger partial charge on any atom is -0.507 e. The number of hydrogen-bond donors (Lipinski definition) is 2. The number of carbonyl (C=O) groups is 1. The number of hydrogen-bond acceptors (Lipinski definition) is 3. The lowest BCUT2D eigenvalue weighted by atomic mass is 10.2. The summed E-state index contributed by atoms with van der Waals surface area (Å²) in [6, 6.07) is 11.7. The Morgan fingerprint density at radius 2 is 2.05 bits per heavy atom. The topological polar surface area (TPSA) is 58.6 Å². The summed E-state index contributed by atoms with van der Waals surface area (Å²) in [6.07, 6.45) is 0. The number of rotatable bonds is 3. The molecule has 0 spiro atoms. The van der Waals surface area contributed by atoms with E-state index in [-0.39, 0.29) is 11.7 Å². The van der Waals surface area contributed by atoms with Crippen molar-refractivity contribution in [2.75, 3.05) is 12.4 Å². The number of nitrogens with one attached hydrogen (secondary N) is 1. The van der Waals surface area contributed by atoms with Gasteiger partial charge in [0, 0.05) is 17.3 Å². The van der Waals surface area contributed by atoms with Crippen LogP contribution in [0.2, 0.25) is 0 Å². The predicted octanol–water partition coefficient (Wildman–Crippen LogP) is 3.42. The molecule has 0 aliphatic heterocycles. The van der Waals surface area contributed by atoms with Gasteiger partial charge in [-0.25, -0.2) is 0 Å². The van der Waals surface area contributed by atoms with Gasteiger partial charge in [0.15, 0.2) is 0 Å². The molecule has 4 nitrogen and oxygen atoms in total. The summed E-state index contributed by atoms with van der Waals surface area (Å²) in [5.74, 6) is 0.394. The molecule has 0 heterocycles. The molecule has 2 aromatic rings. The number of ether oxygens (including phenoxy) is 1. The molecule has 0 atom stereocenters. The van der Waals surface area contributed by atoms with E-state index < -0.39 is 0 Å². The zero-order valence-corrected chi connectivity index (χ0v) is 11.8. The van der Waals surface area contributed by atoms with Crippen molar-refractivity contribution in [3.8, 4) is 11.5 Å². The molecular weight excluding hydrogens is 310 g/mol. The normalized spacial score (nSPS) is 10.0. The first-order chi connectivity index (χ1) is 9.10. The monoisotopic (exact) mass is 321 g/mol. The lowest BCUT2D eigenvalue weighted by Crippen LogP contribution is -2.11. The average Bonchev–Trinajstić information content (AvgIpc) is 2.42. The molecule has 2 rings (SSSR count). The number of benzene rings is 2. The van der Waals surface area contributed by atoms with Crippen LogP contribution in [0, 0.1) is 0 Å². The maximum Gasteiger partial charge on any atom is 0.255 e. The van der Waals surface area contributed by atoms with Gasteiger partial charge in [-0.3, -0.25) is 4.79 Å². The summed E-state index contributed by atoms with van der Waals surface area (Å²) >= 11 is 3.17. The van der Waals surface area contributed by atoms with Crippen LogP contribution in [-0.4, -0.2) is 18.1 Å². The Morgan fingerprint density at radius 1 is 1.26 bits per heavy atom. The van der Waals surface area contributed by atoms with E-state index in [1.807, 2.05) is 0 Å². The van der Waals surface area contributed by atoms with Crippen LogP contribution >= 0.6 is 15.9 Å². The van der Waals surface area contributed by atoms with Crippen LogP contribution in [0.1, 0.15) is 10.4 Å². The molecule has 0 aliphatic rings. The predicted molar refractivity (Wildman–Crippen MR) is 76.8 cm³/mol. The fourth-order valence-electron chi connectivity index (χ4n) is 1.56. The summed E-state index contributed by atoms with van der Waals surface area (Å²) in [5, 5.41) is 12.3. The first-order valence-corrected chi connectivity index (χ1v) is 6.33. The number of phenols is 1. The SMILES string of the molecule is COc1cccc(NC(=O)c2ccc(Br)c(O)c2)c1. The van der Waals surface area contributed by atoms with E-state index >= 15 is 0 Å². The molecular formula is C14H12BrNO3. The Labute approximate surface area is 119 Å². The standard InChI is InChI=1S/C14H12BrNO3/c1-19-11-4-2-3-10(8-11)16-14(18)9-5-6-12(15)13(17)7-9/h2-8,17H,1H3,(H,16,18). The highest BCUT2D eigenvalue weighted by atomic mass is 79.9. The van der Waals surface area contributed by atoms with Gasteiger partial charge in [0.05, 0.1) is 11.6 Å². The van der Waals surface area contributed by atoms with Gasteiger partial charge in [0.2, 0.25) is 0 Å². The fourth-order valence-corrected chi connectivity index (χ4v) is 1.80. The lowest BCUT2D eigenvalue weighted by Gasteiger charge is -2.07. The minimum atomic E-state index is -0.295. The molecule has 0 unspecified atom stereocenters. The van der Waals surface area contributed by atoms with Crippen molar-refractivity contribution in [2.45, 2.75) is 0 Å². The van der Waals surface area contributed by atoms with E-state index in [0.29, 0.717) is 21.5 Å². The minimum absolute atomic E-state index is 0.0262. The molecule has 19 heavy (non-hydrogen) atoms. The zero-order valence-electron chi connectivity index (χ0n) is 10.2. The summed E-state index contributed by atoms with van der Waals surface area (Å²) in [4.78, 5) is 12.0. The largest absolute Gasteiger partial charge is 0.507 e. The van der Waals surface area contributed by atoms with E-state index in [9.17, 15) is 9.90 Å². The quantitative estimate of drug-likeness (QED) is 0.910. The van der Waals surface area contributed by atoms with Gasteiger partial charge in [0.1, 0.15) is 11.5 Å². The molecule has 0 saturated heterocycles. The molecule has 98 valence electrons. The third-order valence-electron chi connectivity index (χ3n) is 2.54. The Bertz CT molecular complexity index is 613. The maximum atomic E-state index is 12.0. The van der Waals surface area contributed by atoms with E-state index in [1.165, 1.54) is 6.07 Å². The molecule has 2 N–H and O–H groups in total. The van der Waals surface area contributed by atoms with Gasteiger partial charge in [-0.2, -0.15) is 0 Å². The van der Waals surface area contributed by atoms with E-state index in [4.69, 9.17) is 4.74 Å². The summed E-state index contributed by atoms with van der Waals surface area (Å²) in [6.45, 7) is 0. The molecule has 0 saturated carbocycles. The number of methoxy groups -OCH3 is 1. The van der Waals surface area contributed by atoms with Gasteiger partial charge >= 0.3 is 0 Å². The van der Waals surface area contributed by atoms with Crippen molar-refractivity contribution in [1.29, 1.82) is 0 Å². The summed E-state index contributed by atoms with van der Waals surface area (Å²) < 4.78 is 5.63. The van der Waals surface area contributed by atoms with Gasteiger partial charge < -0.3 is 15.2 Å². The molecule has 0 aromatic heterocycles. The smallest absolute Gasteiger partial charge is 0.255 e. The fraction of sp³-hybridized carbons (Fsp3) is 0.0714. The van der Waals surface area contributed by atoms with Crippen molar-refractivity contribution in [2.24, 2.45) is 0 Å². The van der Waals surface area contributed by atoms with E-state index in [2.05, 4.69) is 21.2 Å². The Morgan fingerprint density at radius 3 is 2.74 bits per heavy atom. The number of carbonyl (C=O) groups excluding carboxylic acids is 1. The highest BCUT2D eigenvalue weighted by molar-refractivity contribution is 9.10. The number of amides is 1. The number of aromatic hydroxyl groups is 1. The van der Waals surface area contributed by atoms with Crippen molar-refractivity contribution in [3.63, 3.8) is 0 Å².